The highest BCUT2D eigenvalue weighted by Gasteiger charge is 2.36. The summed E-state index contributed by atoms with van der Waals surface area (Å²) in [5.41, 5.74) is 4.56. The number of aliphatic carboxylic acids is 1. The van der Waals surface area contributed by atoms with E-state index in [9.17, 15) is 19.5 Å². The van der Waals surface area contributed by atoms with Gasteiger partial charge in [0.05, 0.1) is 6.42 Å². The van der Waals surface area contributed by atoms with Crippen LogP contribution in [-0.2, 0) is 14.3 Å². The summed E-state index contributed by atoms with van der Waals surface area (Å²) >= 11 is 0. The van der Waals surface area contributed by atoms with Crippen LogP contribution in [0.25, 0.3) is 11.1 Å². The highest BCUT2D eigenvalue weighted by molar-refractivity contribution is 5.86. The van der Waals surface area contributed by atoms with Crippen molar-refractivity contribution in [2.24, 2.45) is 5.92 Å². The first-order valence-corrected chi connectivity index (χ1v) is 12.5. The average Bonchev–Trinajstić information content (AvgIpc) is 3.43. The molecule has 4 rings (SSSR count). The van der Waals surface area contributed by atoms with E-state index in [1.165, 1.54) is 0 Å². The molecule has 2 N–H and O–H groups in total. The lowest BCUT2D eigenvalue weighted by Gasteiger charge is -2.29. The number of carboxylic acids is 1. The maximum absolute atomic E-state index is 13.4. The van der Waals surface area contributed by atoms with Gasteiger partial charge in [0.1, 0.15) is 12.6 Å². The van der Waals surface area contributed by atoms with Crippen molar-refractivity contribution in [3.8, 4) is 11.1 Å². The first kappa shape index (κ1) is 24.8. The first-order chi connectivity index (χ1) is 16.9. The normalized spacial score (nSPS) is 18.5. The summed E-state index contributed by atoms with van der Waals surface area (Å²) in [6.45, 7) is 4.77. The van der Waals surface area contributed by atoms with Gasteiger partial charge >= 0.3 is 12.1 Å². The van der Waals surface area contributed by atoms with E-state index < -0.39 is 18.1 Å². The van der Waals surface area contributed by atoms with E-state index in [0.717, 1.165) is 35.1 Å². The van der Waals surface area contributed by atoms with Gasteiger partial charge in [0.25, 0.3) is 0 Å². The summed E-state index contributed by atoms with van der Waals surface area (Å²) in [6.07, 6.45) is 2.09. The highest BCUT2D eigenvalue weighted by Crippen LogP contribution is 2.44. The lowest BCUT2D eigenvalue weighted by molar-refractivity contribution is -0.140. The monoisotopic (exact) mass is 478 g/mol. The van der Waals surface area contributed by atoms with E-state index in [4.69, 9.17) is 4.74 Å². The fraction of sp³-hybridized carbons (Fsp3) is 0.464. The molecule has 3 atom stereocenters. The number of carbonyl (C=O) groups is 3. The first-order valence-electron chi connectivity index (χ1n) is 12.5. The Kier molecular flexibility index (Phi) is 7.73. The summed E-state index contributed by atoms with van der Waals surface area (Å²) < 4.78 is 5.67. The maximum Gasteiger partial charge on any atom is 0.407 e. The number of amides is 2. The minimum atomic E-state index is -0.919. The van der Waals surface area contributed by atoms with Gasteiger partial charge in [-0.2, -0.15) is 0 Å². The van der Waals surface area contributed by atoms with Gasteiger partial charge in [0.15, 0.2) is 0 Å². The number of nitrogens with zero attached hydrogens (tertiary/aromatic N) is 1. The number of carboxylic acid groups (broad SMARTS) is 1. The lowest BCUT2D eigenvalue weighted by Crippen LogP contribution is -2.51. The van der Waals surface area contributed by atoms with Crippen molar-refractivity contribution < 1.29 is 24.2 Å². The molecule has 2 aromatic rings. The molecule has 1 saturated heterocycles. The van der Waals surface area contributed by atoms with Crippen LogP contribution in [0.1, 0.15) is 63.0 Å². The third kappa shape index (κ3) is 5.50. The number of nitrogens with one attached hydrogen (secondary N) is 1. The Labute approximate surface area is 206 Å². The molecule has 7 heteroatoms. The predicted molar refractivity (Wildman–Crippen MR) is 133 cm³/mol. The van der Waals surface area contributed by atoms with Crippen molar-refractivity contribution in [3.63, 3.8) is 0 Å². The fourth-order valence-electron chi connectivity index (χ4n) is 5.31. The number of hydrogen-bond donors (Lipinski definition) is 2. The highest BCUT2D eigenvalue weighted by atomic mass is 16.5. The van der Waals surface area contributed by atoms with E-state index in [1.807, 2.05) is 38.1 Å². The fourth-order valence-corrected chi connectivity index (χ4v) is 5.31. The Hall–Kier alpha value is -3.35. The van der Waals surface area contributed by atoms with Crippen LogP contribution in [0, 0.1) is 5.92 Å². The van der Waals surface area contributed by atoms with Gasteiger partial charge in [-0.15, -0.1) is 0 Å². The molecule has 1 heterocycles. The third-order valence-electron chi connectivity index (χ3n) is 7.34. The zero-order chi connectivity index (χ0) is 24.9. The molecule has 2 amide bonds. The van der Waals surface area contributed by atoms with Crippen LogP contribution < -0.4 is 5.32 Å². The molecule has 2 aromatic carbocycles. The van der Waals surface area contributed by atoms with Crippen LogP contribution in [0.5, 0.6) is 0 Å². The largest absolute Gasteiger partial charge is 0.481 e. The molecular formula is C28H34N2O5. The van der Waals surface area contributed by atoms with Crippen LogP contribution in [0.2, 0.25) is 0 Å². The molecule has 1 fully saturated rings. The SMILES string of the molecule is CCC(C)CC(NC(=O)OCC1c2ccccc2-c2ccccc21)C(=O)N1CCCC1CC(=O)O. The minimum absolute atomic E-state index is 0.0598. The second-order valence-electron chi connectivity index (χ2n) is 9.70. The molecule has 0 saturated carbocycles. The van der Waals surface area contributed by atoms with Crippen LogP contribution in [0.15, 0.2) is 48.5 Å². The Morgan fingerprint density at radius 3 is 2.31 bits per heavy atom. The topological polar surface area (TPSA) is 95.9 Å². The number of carbonyl (C=O) groups excluding carboxylic acids is 2. The summed E-state index contributed by atoms with van der Waals surface area (Å²) in [5, 5.41) is 12.0. The number of ether oxygens (including phenoxy) is 1. The number of hydrogen-bond acceptors (Lipinski definition) is 4. The Morgan fingerprint density at radius 1 is 1.09 bits per heavy atom. The van der Waals surface area contributed by atoms with Crippen molar-refractivity contribution in [1.29, 1.82) is 0 Å². The van der Waals surface area contributed by atoms with E-state index in [1.54, 1.807) is 4.90 Å². The zero-order valence-electron chi connectivity index (χ0n) is 20.4. The molecule has 2 aliphatic rings. The van der Waals surface area contributed by atoms with E-state index in [2.05, 4.69) is 29.6 Å². The quantitative estimate of drug-likeness (QED) is 0.540. The van der Waals surface area contributed by atoms with Crippen LogP contribution in [-0.4, -0.2) is 53.2 Å². The number of benzene rings is 2. The van der Waals surface area contributed by atoms with E-state index >= 15 is 0 Å². The Balaban J connectivity index is 1.44. The van der Waals surface area contributed by atoms with Gasteiger partial charge < -0.3 is 20.1 Å². The van der Waals surface area contributed by atoms with Gasteiger partial charge in [-0.05, 0) is 47.4 Å². The van der Waals surface area contributed by atoms with E-state index in [0.29, 0.717) is 19.4 Å². The molecule has 1 aliphatic heterocycles. The van der Waals surface area contributed by atoms with E-state index in [-0.39, 0.29) is 36.8 Å². The summed E-state index contributed by atoms with van der Waals surface area (Å²) in [4.78, 5) is 39.1. The van der Waals surface area contributed by atoms with Gasteiger partial charge in [-0.1, -0.05) is 68.8 Å². The van der Waals surface area contributed by atoms with Crippen molar-refractivity contribution >= 4 is 18.0 Å². The van der Waals surface area contributed by atoms with Gasteiger partial charge in [0, 0.05) is 18.5 Å². The molecule has 0 aromatic heterocycles. The molecular weight excluding hydrogens is 444 g/mol. The second kappa shape index (κ2) is 10.9. The summed E-state index contributed by atoms with van der Waals surface area (Å²) in [7, 11) is 0. The number of rotatable bonds is 9. The second-order valence-corrected chi connectivity index (χ2v) is 9.70. The average molecular weight is 479 g/mol. The Morgan fingerprint density at radius 2 is 1.71 bits per heavy atom. The van der Waals surface area contributed by atoms with Crippen molar-refractivity contribution in [3.05, 3.63) is 59.7 Å². The number of fused-ring (bicyclic) bond motifs is 3. The molecule has 0 bridgehead atoms. The smallest absolute Gasteiger partial charge is 0.407 e. The molecule has 0 radical (unpaired) electrons. The molecule has 35 heavy (non-hydrogen) atoms. The lowest BCUT2D eigenvalue weighted by atomic mass is 9.98. The minimum Gasteiger partial charge on any atom is -0.481 e. The molecule has 7 nitrogen and oxygen atoms in total. The molecule has 0 spiro atoms. The van der Waals surface area contributed by atoms with Gasteiger partial charge in [-0.25, -0.2) is 4.79 Å². The third-order valence-corrected chi connectivity index (χ3v) is 7.34. The molecule has 3 unspecified atom stereocenters. The van der Waals surface area contributed by atoms with Gasteiger partial charge in [0.2, 0.25) is 5.91 Å². The van der Waals surface area contributed by atoms with Crippen molar-refractivity contribution in [1.82, 2.24) is 10.2 Å². The summed E-state index contributed by atoms with van der Waals surface area (Å²) in [5.74, 6) is -0.978. The number of likely N-dealkylation sites (tertiary alicyclic amines) is 1. The maximum atomic E-state index is 13.4. The molecule has 1 aliphatic carbocycles. The van der Waals surface area contributed by atoms with Gasteiger partial charge in [-0.3, -0.25) is 9.59 Å². The van der Waals surface area contributed by atoms with Crippen LogP contribution in [0.3, 0.4) is 0 Å². The van der Waals surface area contributed by atoms with Crippen molar-refractivity contribution in [2.75, 3.05) is 13.2 Å². The van der Waals surface area contributed by atoms with Crippen molar-refractivity contribution in [2.45, 2.75) is 64.0 Å². The Bertz CT molecular complexity index is 1040. The van der Waals surface area contributed by atoms with Crippen LogP contribution in [0.4, 0.5) is 4.79 Å². The zero-order valence-corrected chi connectivity index (χ0v) is 20.4. The standard InChI is InChI=1S/C28H34N2O5/c1-3-18(2)15-25(27(33)30-14-8-9-19(30)16-26(31)32)29-28(34)35-17-24-22-12-6-4-10-20(22)21-11-5-7-13-23(21)24/h4-7,10-13,18-19,24-25H,3,8-9,14-17H2,1-2H3,(H,29,34)(H,31,32). The predicted octanol–water partition coefficient (Wildman–Crippen LogP) is 4.80. The molecule has 186 valence electrons. The number of alkyl carbamates (subject to hydrolysis) is 1. The van der Waals surface area contributed by atoms with Crippen LogP contribution >= 0.6 is 0 Å². The summed E-state index contributed by atoms with van der Waals surface area (Å²) in [6, 6.07) is 15.2.